The quantitative estimate of drug-likeness (QED) is 0.369. The lowest BCUT2D eigenvalue weighted by molar-refractivity contribution is 0.224. The molecule has 0 amide bonds. The third-order valence-corrected chi connectivity index (χ3v) is 6.04. The zero-order valence-corrected chi connectivity index (χ0v) is 18.7. The van der Waals surface area contributed by atoms with Gasteiger partial charge in [0, 0.05) is 22.6 Å². The van der Waals surface area contributed by atoms with Crippen LogP contribution in [-0.2, 0) is 5.75 Å². The normalized spacial score (nSPS) is 14.3. The molecular formula is C25H22N4O3S. The predicted molar refractivity (Wildman–Crippen MR) is 128 cm³/mol. The molecule has 0 bridgehead atoms. The number of anilines is 1. The highest BCUT2D eigenvalue weighted by atomic mass is 32.2. The summed E-state index contributed by atoms with van der Waals surface area (Å²) < 4.78 is 11.9. The third kappa shape index (κ3) is 4.56. The van der Waals surface area contributed by atoms with Gasteiger partial charge in [0.1, 0.15) is 0 Å². The SMILES string of the molecule is CCOc1cc([C@H]2Nc3ccccc3-c3nnc(SCc4ccccc4)nc3O2)ccc1O. The zero-order valence-electron chi connectivity index (χ0n) is 17.9. The third-order valence-electron chi connectivity index (χ3n) is 5.13. The lowest BCUT2D eigenvalue weighted by Crippen LogP contribution is -2.17. The number of para-hydroxylation sites is 1. The van der Waals surface area contributed by atoms with Crippen LogP contribution >= 0.6 is 11.8 Å². The van der Waals surface area contributed by atoms with Crippen LogP contribution in [0.1, 0.15) is 24.3 Å². The minimum absolute atomic E-state index is 0.0820. The maximum absolute atomic E-state index is 10.1. The second-order valence-electron chi connectivity index (χ2n) is 7.37. The first-order valence-electron chi connectivity index (χ1n) is 10.6. The van der Waals surface area contributed by atoms with Crippen LogP contribution in [0.4, 0.5) is 5.69 Å². The first-order valence-corrected chi connectivity index (χ1v) is 11.6. The van der Waals surface area contributed by atoms with Crippen LogP contribution in [0.2, 0.25) is 0 Å². The molecule has 0 unspecified atom stereocenters. The summed E-state index contributed by atoms with van der Waals surface area (Å²) >= 11 is 1.50. The summed E-state index contributed by atoms with van der Waals surface area (Å²) in [5.41, 5.74) is 4.26. The lowest BCUT2D eigenvalue weighted by Gasteiger charge is -2.20. The van der Waals surface area contributed by atoms with Gasteiger partial charge in [-0.1, -0.05) is 60.3 Å². The number of ether oxygens (including phenoxy) is 2. The van der Waals surface area contributed by atoms with E-state index in [1.54, 1.807) is 18.2 Å². The first-order chi connectivity index (χ1) is 16.2. The van der Waals surface area contributed by atoms with Crippen molar-refractivity contribution in [3.05, 3.63) is 83.9 Å². The van der Waals surface area contributed by atoms with Gasteiger partial charge < -0.3 is 19.9 Å². The van der Waals surface area contributed by atoms with Gasteiger partial charge in [0.2, 0.25) is 11.0 Å². The molecule has 33 heavy (non-hydrogen) atoms. The largest absolute Gasteiger partial charge is 0.504 e. The van der Waals surface area contributed by atoms with Crippen LogP contribution in [-0.4, -0.2) is 26.9 Å². The van der Waals surface area contributed by atoms with Crippen molar-refractivity contribution >= 4 is 17.4 Å². The maximum atomic E-state index is 10.1. The summed E-state index contributed by atoms with van der Waals surface area (Å²) in [5, 5.41) is 22.9. The minimum atomic E-state index is -0.559. The highest BCUT2D eigenvalue weighted by Crippen LogP contribution is 2.40. The van der Waals surface area contributed by atoms with Crippen LogP contribution in [0, 0.1) is 0 Å². The van der Waals surface area contributed by atoms with Crippen LogP contribution in [0.3, 0.4) is 0 Å². The van der Waals surface area contributed by atoms with Gasteiger partial charge in [-0.2, -0.15) is 4.98 Å². The number of thioether (sulfide) groups is 1. The highest BCUT2D eigenvalue weighted by molar-refractivity contribution is 7.98. The fourth-order valence-electron chi connectivity index (χ4n) is 3.55. The Morgan fingerprint density at radius 2 is 1.85 bits per heavy atom. The second kappa shape index (κ2) is 9.38. The van der Waals surface area contributed by atoms with E-state index in [0.717, 1.165) is 22.6 Å². The van der Waals surface area contributed by atoms with Gasteiger partial charge in [-0.05, 0) is 36.8 Å². The fourth-order valence-corrected chi connectivity index (χ4v) is 4.28. The fraction of sp³-hybridized carbons (Fsp3) is 0.160. The molecule has 2 N–H and O–H groups in total. The number of hydrogen-bond donors (Lipinski definition) is 2. The van der Waals surface area contributed by atoms with E-state index < -0.39 is 6.23 Å². The number of benzene rings is 3. The zero-order chi connectivity index (χ0) is 22.6. The Bertz CT molecular complexity index is 1270. The Labute approximate surface area is 195 Å². The van der Waals surface area contributed by atoms with Gasteiger partial charge in [-0.3, -0.25) is 0 Å². The van der Waals surface area contributed by atoms with Crippen molar-refractivity contribution in [3.63, 3.8) is 0 Å². The molecule has 0 saturated carbocycles. The molecule has 0 aliphatic carbocycles. The number of phenolic OH excluding ortho intramolecular Hbond substituents is 1. The number of rotatable bonds is 6. The summed E-state index contributed by atoms with van der Waals surface area (Å²) in [5.74, 6) is 1.61. The lowest BCUT2D eigenvalue weighted by atomic mass is 10.1. The van der Waals surface area contributed by atoms with Gasteiger partial charge in [0.15, 0.2) is 23.4 Å². The van der Waals surface area contributed by atoms with Crippen LogP contribution in [0.25, 0.3) is 11.3 Å². The Morgan fingerprint density at radius 1 is 1.03 bits per heavy atom. The summed E-state index contributed by atoms with van der Waals surface area (Å²) in [6.45, 7) is 2.32. The van der Waals surface area contributed by atoms with Crippen LogP contribution in [0.15, 0.2) is 78.0 Å². The number of fused-ring (bicyclic) bond motifs is 3. The smallest absolute Gasteiger partial charge is 0.247 e. The molecular weight excluding hydrogens is 436 g/mol. The van der Waals surface area contributed by atoms with Crippen molar-refractivity contribution in [2.24, 2.45) is 0 Å². The molecule has 0 radical (unpaired) electrons. The number of phenols is 1. The Morgan fingerprint density at radius 3 is 2.70 bits per heavy atom. The summed E-state index contributed by atoms with van der Waals surface area (Å²) in [7, 11) is 0. The molecule has 3 aromatic carbocycles. The van der Waals surface area contributed by atoms with Crippen molar-refractivity contribution in [1.29, 1.82) is 0 Å². The monoisotopic (exact) mass is 458 g/mol. The van der Waals surface area contributed by atoms with Gasteiger partial charge >= 0.3 is 0 Å². The molecule has 0 fully saturated rings. The Hall–Kier alpha value is -3.78. The molecule has 0 saturated heterocycles. The molecule has 1 aromatic heterocycles. The van der Waals surface area contributed by atoms with Crippen molar-refractivity contribution in [2.75, 3.05) is 11.9 Å². The van der Waals surface area contributed by atoms with Crippen LogP contribution in [0.5, 0.6) is 17.4 Å². The molecule has 4 aromatic rings. The predicted octanol–water partition coefficient (Wildman–Crippen LogP) is 5.44. The average Bonchev–Trinajstić information content (AvgIpc) is 3.01. The second-order valence-corrected chi connectivity index (χ2v) is 8.31. The van der Waals surface area contributed by atoms with E-state index in [2.05, 4.69) is 32.6 Å². The molecule has 1 aliphatic heterocycles. The van der Waals surface area contributed by atoms with E-state index in [-0.39, 0.29) is 5.75 Å². The molecule has 0 spiro atoms. The first kappa shape index (κ1) is 21.1. The van der Waals surface area contributed by atoms with E-state index in [1.807, 2.05) is 49.4 Å². The van der Waals surface area contributed by atoms with Crippen molar-refractivity contribution in [1.82, 2.24) is 15.2 Å². The van der Waals surface area contributed by atoms with Crippen molar-refractivity contribution in [2.45, 2.75) is 24.1 Å². The Kier molecular flexibility index (Phi) is 5.99. The topological polar surface area (TPSA) is 89.4 Å². The molecule has 7 nitrogen and oxygen atoms in total. The van der Waals surface area contributed by atoms with E-state index in [0.29, 0.717) is 29.1 Å². The van der Waals surface area contributed by atoms with Crippen molar-refractivity contribution in [3.8, 4) is 28.6 Å². The Balaban J connectivity index is 1.50. The maximum Gasteiger partial charge on any atom is 0.247 e. The van der Waals surface area contributed by atoms with E-state index in [1.165, 1.54) is 17.3 Å². The molecule has 2 heterocycles. The minimum Gasteiger partial charge on any atom is -0.504 e. The highest BCUT2D eigenvalue weighted by Gasteiger charge is 2.26. The molecule has 1 aliphatic rings. The van der Waals surface area contributed by atoms with Crippen LogP contribution < -0.4 is 14.8 Å². The number of hydrogen-bond acceptors (Lipinski definition) is 8. The summed E-state index contributed by atoms with van der Waals surface area (Å²) in [6, 6.07) is 23.1. The van der Waals surface area contributed by atoms with Gasteiger partial charge in [-0.15, -0.1) is 10.2 Å². The van der Waals surface area contributed by atoms with E-state index in [9.17, 15) is 5.11 Å². The molecule has 5 rings (SSSR count). The standard InChI is InChI=1S/C25H22N4O3S/c1-2-31-21-14-17(12-13-20(21)30)23-26-19-11-7-6-10-18(19)22-24(32-23)27-25(29-28-22)33-15-16-8-4-3-5-9-16/h3-14,23,26,30H,2,15H2,1H3/t23-/m0/s1. The number of aromatic nitrogens is 3. The van der Waals surface area contributed by atoms with Gasteiger partial charge in [-0.25, -0.2) is 0 Å². The molecule has 1 atom stereocenters. The average molecular weight is 459 g/mol. The number of nitrogens with zero attached hydrogens (tertiary/aromatic N) is 3. The van der Waals surface area contributed by atoms with Crippen molar-refractivity contribution < 1.29 is 14.6 Å². The van der Waals surface area contributed by atoms with E-state index in [4.69, 9.17) is 9.47 Å². The van der Waals surface area contributed by atoms with E-state index >= 15 is 0 Å². The van der Waals surface area contributed by atoms with Gasteiger partial charge in [0.25, 0.3) is 0 Å². The number of nitrogens with one attached hydrogen (secondary N) is 1. The summed E-state index contributed by atoms with van der Waals surface area (Å²) in [4.78, 5) is 4.69. The summed E-state index contributed by atoms with van der Waals surface area (Å²) in [6.07, 6.45) is -0.559. The molecule has 8 heteroatoms. The van der Waals surface area contributed by atoms with Gasteiger partial charge in [0.05, 0.1) is 6.61 Å². The number of aromatic hydroxyl groups is 1. The molecule has 166 valence electrons.